The lowest BCUT2D eigenvalue weighted by Gasteiger charge is -2.14. The highest BCUT2D eigenvalue weighted by atomic mass is 32.2. The fourth-order valence-electron chi connectivity index (χ4n) is 3.15. The quantitative estimate of drug-likeness (QED) is 0.495. The molecule has 1 amide bonds. The number of nitrogens with zero attached hydrogens (tertiary/aromatic N) is 1. The molecule has 1 N–H and O–H groups in total. The second-order valence-corrected chi connectivity index (χ2v) is 7.86. The third-order valence-corrected chi connectivity index (χ3v) is 5.59. The lowest BCUT2D eigenvalue weighted by molar-refractivity contribution is 0.0952. The SMILES string of the molecule is O=C(NCCCN1CCCC1)c1ccc(OCCSc2ccccc2)cc1. The first-order chi connectivity index (χ1) is 13.3. The highest BCUT2D eigenvalue weighted by Gasteiger charge is 2.11. The van der Waals surface area contributed by atoms with Gasteiger partial charge in [0.2, 0.25) is 0 Å². The maximum atomic E-state index is 12.2. The first kappa shape index (κ1) is 19.8. The highest BCUT2D eigenvalue weighted by molar-refractivity contribution is 7.99. The fraction of sp³-hybridized carbons (Fsp3) is 0.409. The summed E-state index contributed by atoms with van der Waals surface area (Å²) in [7, 11) is 0. The first-order valence-electron chi connectivity index (χ1n) is 9.72. The lowest BCUT2D eigenvalue weighted by Crippen LogP contribution is -2.28. The lowest BCUT2D eigenvalue weighted by atomic mass is 10.2. The molecule has 4 nitrogen and oxygen atoms in total. The van der Waals surface area contributed by atoms with E-state index in [4.69, 9.17) is 4.74 Å². The van der Waals surface area contributed by atoms with Crippen LogP contribution in [0.5, 0.6) is 5.75 Å². The molecule has 5 heteroatoms. The van der Waals surface area contributed by atoms with Crippen molar-refractivity contribution in [3.63, 3.8) is 0 Å². The van der Waals surface area contributed by atoms with Gasteiger partial charge in [0.15, 0.2) is 0 Å². The van der Waals surface area contributed by atoms with E-state index in [9.17, 15) is 4.79 Å². The summed E-state index contributed by atoms with van der Waals surface area (Å²) in [5.41, 5.74) is 0.683. The van der Waals surface area contributed by atoms with Gasteiger partial charge in [0.1, 0.15) is 5.75 Å². The molecular weight excluding hydrogens is 356 g/mol. The number of benzene rings is 2. The van der Waals surface area contributed by atoms with E-state index in [1.807, 2.05) is 42.5 Å². The van der Waals surface area contributed by atoms with E-state index in [2.05, 4.69) is 22.3 Å². The maximum Gasteiger partial charge on any atom is 0.251 e. The Morgan fingerprint density at radius 1 is 1.04 bits per heavy atom. The van der Waals surface area contributed by atoms with Crippen LogP contribution in [-0.4, -0.2) is 49.3 Å². The van der Waals surface area contributed by atoms with Crippen molar-refractivity contribution >= 4 is 17.7 Å². The van der Waals surface area contributed by atoms with Gasteiger partial charge >= 0.3 is 0 Å². The predicted molar refractivity (Wildman–Crippen MR) is 112 cm³/mol. The summed E-state index contributed by atoms with van der Waals surface area (Å²) in [5, 5.41) is 3.00. The Labute approximate surface area is 166 Å². The van der Waals surface area contributed by atoms with Gasteiger partial charge in [-0.05, 0) is 75.3 Å². The van der Waals surface area contributed by atoms with Gasteiger partial charge in [-0.15, -0.1) is 11.8 Å². The summed E-state index contributed by atoms with van der Waals surface area (Å²) in [4.78, 5) is 15.9. The molecule has 0 bridgehead atoms. The van der Waals surface area contributed by atoms with Crippen LogP contribution in [0.15, 0.2) is 59.5 Å². The number of hydrogen-bond donors (Lipinski definition) is 1. The molecule has 1 aliphatic heterocycles. The number of thioether (sulfide) groups is 1. The van der Waals surface area contributed by atoms with Crippen molar-refractivity contribution in [2.24, 2.45) is 0 Å². The Bertz CT molecular complexity index is 685. The zero-order chi connectivity index (χ0) is 18.7. The van der Waals surface area contributed by atoms with Crippen LogP contribution < -0.4 is 10.1 Å². The van der Waals surface area contributed by atoms with Crippen molar-refractivity contribution in [2.45, 2.75) is 24.2 Å². The van der Waals surface area contributed by atoms with Crippen LogP contribution >= 0.6 is 11.8 Å². The number of ether oxygens (including phenoxy) is 1. The fourth-order valence-corrected chi connectivity index (χ4v) is 3.90. The molecule has 1 saturated heterocycles. The maximum absolute atomic E-state index is 12.2. The Hall–Kier alpha value is -1.98. The molecule has 1 heterocycles. The van der Waals surface area contributed by atoms with Gasteiger partial charge in [-0.2, -0.15) is 0 Å². The second kappa shape index (κ2) is 11.0. The van der Waals surface area contributed by atoms with Gasteiger partial charge in [0.25, 0.3) is 5.91 Å². The van der Waals surface area contributed by atoms with Gasteiger partial charge in [-0.25, -0.2) is 0 Å². The van der Waals surface area contributed by atoms with E-state index < -0.39 is 0 Å². The van der Waals surface area contributed by atoms with Crippen molar-refractivity contribution in [3.05, 3.63) is 60.2 Å². The number of likely N-dealkylation sites (tertiary alicyclic amines) is 1. The molecule has 0 radical (unpaired) electrons. The Morgan fingerprint density at radius 3 is 2.52 bits per heavy atom. The predicted octanol–water partition coefficient (Wildman–Crippen LogP) is 4.07. The van der Waals surface area contributed by atoms with Crippen molar-refractivity contribution < 1.29 is 9.53 Å². The number of amides is 1. The van der Waals surface area contributed by atoms with Gasteiger partial charge in [0.05, 0.1) is 6.61 Å². The Morgan fingerprint density at radius 2 is 1.78 bits per heavy atom. The Kier molecular flexibility index (Phi) is 8.05. The average molecular weight is 385 g/mol. The zero-order valence-corrected chi connectivity index (χ0v) is 16.5. The second-order valence-electron chi connectivity index (χ2n) is 6.69. The van der Waals surface area contributed by atoms with E-state index >= 15 is 0 Å². The van der Waals surface area contributed by atoms with Crippen molar-refractivity contribution in [1.82, 2.24) is 10.2 Å². The van der Waals surface area contributed by atoms with Gasteiger partial charge in [0, 0.05) is 22.8 Å². The summed E-state index contributed by atoms with van der Waals surface area (Å²) >= 11 is 1.78. The Balaban J connectivity index is 1.31. The molecule has 0 atom stereocenters. The normalized spacial score (nSPS) is 14.2. The van der Waals surface area contributed by atoms with E-state index in [-0.39, 0.29) is 5.91 Å². The molecule has 2 aromatic rings. The van der Waals surface area contributed by atoms with Crippen molar-refractivity contribution in [1.29, 1.82) is 0 Å². The monoisotopic (exact) mass is 384 g/mol. The molecule has 0 unspecified atom stereocenters. The van der Waals surface area contributed by atoms with Crippen LogP contribution in [0.3, 0.4) is 0 Å². The third kappa shape index (κ3) is 6.92. The molecule has 0 spiro atoms. The van der Waals surface area contributed by atoms with Crippen LogP contribution in [0.1, 0.15) is 29.6 Å². The molecular formula is C22H28N2O2S. The van der Waals surface area contributed by atoms with Gasteiger partial charge < -0.3 is 15.0 Å². The number of carbonyl (C=O) groups is 1. The molecule has 0 aliphatic carbocycles. The molecule has 144 valence electrons. The van der Waals surface area contributed by atoms with Crippen LogP contribution in [0.2, 0.25) is 0 Å². The number of nitrogens with one attached hydrogen (secondary N) is 1. The van der Waals surface area contributed by atoms with E-state index in [1.165, 1.54) is 30.8 Å². The molecule has 2 aromatic carbocycles. The van der Waals surface area contributed by atoms with E-state index in [0.29, 0.717) is 12.2 Å². The summed E-state index contributed by atoms with van der Waals surface area (Å²) in [6.07, 6.45) is 3.63. The van der Waals surface area contributed by atoms with Crippen LogP contribution in [0, 0.1) is 0 Å². The molecule has 0 aromatic heterocycles. The third-order valence-electron chi connectivity index (χ3n) is 4.62. The van der Waals surface area contributed by atoms with Crippen molar-refractivity contribution in [2.75, 3.05) is 38.5 Å². The molecule has 1 fully saturated rings. The van der Waals surface area contributed by atoms with E-state index in [1.54, 1.807) is 11.8 Å². The summed E-state index contributed by atoms with van der Waals surface area (Å²) < 4.78 is 5.76. The van der Waals surface area contributed by atoms with Gasteiger partial charge in [-0.1, -0.05) is 18.2 Å². The van der Waals surface area contributed by atoms with E-state index in [0.717, 1.165) is 31.0 Å². The summed E-state index contributed by atoms with van der Waals surface area (Å²) in [6, 6.07) is 17.7. The summed E-state index contributed by atoms with van der Waals surface area (Å²) in [5.74, 6) is 1.68. The largest absolute Gasteiger partial charge is 0.493 e. The summed E-state index contributed by atoms with van der Waals surface area (Å²) in [6.45, 7) is 4.86. The molecule has 27 heavy (non-hydrogen) atoms. The van der Waals surface area contributed by atoms with Crippen LogP contribution in [-0.2, 0) is 0 Å². The minimum atomic E-state index is -0.0115. The van der Waals surface area contributed by atoms with Crippen LogP contribution in [0.25, 0.3) is 0 Å². The standard InChI is InChI=1S/C22H28N2O2S/c25-22(23-13-6-16-24-14-4-5-15-24)19-9-11-20(12-10-19)26-17-18-27-21-7-2-1-3-8-21/h1-3,7-12H,4-6,13-18H2,(H,23,25). The molecule has 1 aliphatic rings. The average Bonchev–Trinajstić information content (AvgIpc) is 3.23. The molecule has 0 saturated carbocycles. The minimum Gasteiger partial charge on any atom is -0.493 e. The highest BCUT2D eigenvalue weighted by Crippen LogP contribution is 2.18. The zero-order valence-electron chi connectivity index (χ0n) is 15.7. The topological polar surface area (TPSA) is 41.6 Å². The number of hydrogen-bond acceptors (Lipinski definition) is 4. The smallest absolute Gasteiger partial charge is 0.251 e. The number of carbonyl (C=O) groups excluding carboxylic acids is 1. The van der Waals surface area contributed by atoms with Gasteiger partial charge in [-0.3, -0.25) is 4.79 Å². The number of rotatable bonds is 10. The minimum absolute atomic E-state index is 0.0115. The van der Waals surface area contributed by atoms with Crippen molar-refractivity contribution in [3.8, 4) is 5.75 Å². The first-order valence-corrected chi connectivity index (χ1v) is 10.7. The molecule has 3 rings (SSSR count). The van der Waals surface area contributed by atoms with Crippen LogP contribution in [0.4, 0.5) is 0 Å².